The zero-order valence-electron chi connectivity index (χ0n) is 21.3. The summed E-state index contributed by atoms with van der Waals surface area (Å²) < 4.78 is 0. The zero-order chi connectivity index (χ0) is 28.8. The Hall–Kier alpha value is -4.21. The maximum Gasteiger partial charge on any atom is 0.326 e. The van der Waals surface area contributed by atoms with Crippen molar-refractivity contribution in [3.63, 3.8) is 0 Å². The molecule has 1 aromatic rings. The highest BCUT2D eigenvalue weighted by Gasteiger charge is 2.33. The average Bonchev–Trinajstić information content (AvgIpc) is 3.36. The summed E-state index contributed by atoms with van der Waals surface area (Å²) in [7, 11) is 0. The minimum absolute atomic E-state index is 0.0807. The number of carboxylic acid groups (broad SMARTS) is 2. The second-order valence-corrected chi connectivity index (χ2v) is 8.77. The fourth-order valence-corrected chi connectivity index (χ4v) is 3.35. The molecule has 12 N–H and O–H groups in total. The first-order valence-electron chi connectivity index (χ1n) is 12.0. The Bertz CT molecular complexity index is 980. The highest BCUT2D eigenvalue weighted by Crippen LogP contribution is 2.11. The molecule has 1 aromatic heterocycles. The third kappa shape index (κ3) is 11.2. The van der Waals surface area contributed by atoms with Crippen molar-refractivity contribution in [1.82, 2.24) is 25.9 Å². The van der Waals surface area contributed by atoms with Gasteiger partial charge in [-0.25, -0.2) is 9.78 Å². The van der Waals surface area contributed by atoms with Crippen LogP contribution in [0.15, 0.2) is 17.5 Å². The number of nitrogens with one attached hydrogen (secondary N) is 4. The molecule has 0 aromatic carbocycles. The number of carbonyl (C=O) groups is 5. The number of imidazole rings is 1. The van der Waals surface area contributed by atoms with E-state index in [4.69, 9.17) is 22.3 Å². The number of carbonyl (C=O) groups excluding carboxylic acids is 3. The summed E-state index contributed by atoms with van der Waals surface area (Å²) >= 11 is 0. The normalized spacial score (nSPS) is 14.7. The minimum Gasteiger partial charge on any atom is -0.481 e. The van der Waals surface area contributed by atoms with Crippen LogP contribution in [0.4, 0.5) is 0 Å². The van der Waals surface area contributed by atoms with Crippen molar-refractivity contribution in [2.45, 2.75) is 70.1 Å². The average molecular weight is 540 g/mol. The third-order valence-corrected chi connectivity index (χ3v) is 5.70. The largest absolute Gasteiger partial charge is 0.481 e. The van der Waals surface area contributed by atoms with Crippen LogP contribution in [0.1, 0.15) is 45.2 Å². The van der Waals surface area contributed by atoms with Crippen LogP contribution in [0, 0.1) is 5.92 Å². The minimum atomic E-state index is -1.72. The van der Waals surface area contributed by atoms with Gasteiger partial charge in [0.05, 0.1) is 18.8 Å². The molecule has 0 bridgehead atoms. The van der Waals surface area contributed by atoms with E-state index in [0.29, 0.717) is 18.5 Å². The third-order valence-electron chi connectivity index (χ3n) is 5.70. The summed E-state index contributed by atoms with van der Waals surface area (Å²) in [5.74, 6) is -5.63. The van der Waals surface area contributed by atoms with Crippen LogP contribution >= 0.6 is 0 Å². The number of H-pyrrole nitrogens is 1. The van der Waals surface area contributed by atoms with Crippen molar-refractivity contribution in [2.75, 3.05) is 6.54 Å². The van der Waals surface area contributed by atoms with Gasteiger partial charge in [-0.1, -0.05) is 20.3 Å². The Kier molecular flexibility index (Phi) is 13.2. The molecule has 0 spiro atoms. The Balaban J connectivity index is 3.02. The van der Waals surface area contributed by atoms with Crippen molar-refractivity contribution in [2.24, 2.45) is 28.1 Å². The Morgan fingerprint density at radius 1 is 1.05 bits per heavy atom. The van der Waals surface area contributed by atoms with Crippen molar-refractivity contribution < 1.29 is 34.2 Å². The topological polar surface area (TPSA) is 281 Å². The molecule has 0 saturated heterocycles. The number of nitrogens with two attached hydrogens (primary N) is 3. The number of guanidine groups is 1. The number of aromatic nitrogens is 2. The summed E-state index contributed by atoms with van der Waals surface area (Å²) in [5, 5.41) is 25.5. The summed E-state index contributed by atoms with van der Waals surface area (Å²) in [5.41, 5.74) is 16.9. The Morgan fingerprint density at radius 2 is 1.71 bits per heavy atom. The predicted molar refractivity (Wildman–Crippen MR) is 135 cm³/mol. The van der Waals surface area contributed by atoms with Gasteiger partial charge < -0.3 is 48.3 Å². The van der Waals surface area contributed by atoms with Crippen LogP contribution in [0.25, 0.3) is 0 Å². The van der Waals surface area contributed by atoms with E-state index in [9.17, 15) is 29.1 Å². The summed E-state index contributed by atoms with van der Waals surface area (Å²) in [4.78, 5) is 71.8. The molecule has 212 valence electrons. The van der Waals surface area contributed by atoms with E-state index in [1.807, 2.05) is 6.92 Å². The standard InChI is InChI=1S/C22H37N9O7/c1-3-11(2)17(31-18(34)13(23)5-4-6-27-22(24)25)20(36)29-14(7-12-9-26-10-28-12)19(35)30-15(21(37)38)8-16(32)33/h9-11,13-15,17H,3-8,23H2,1-2H3,(H,26,28)(H,29,36)(H,30,35)(H,31,34)(H,32,33)(H,37,38)(H4,24,25,27). The monoisotopic (exact) mass is 539 g/mol. The van der Waals surface area contributed by atoms with E-state index >= 15 is 0 Å². The molecule has 38 heavy (non-hydrogen) atoms. The van der Waals surface area contributed by atoms with Gasteiger partial charge in [0, 0.05) is 24.9 Å². The van der Waals surface area contributed by atoms with Gasteiger partial charge in [-0.15, -0.1) is 0 Å². The molecule has 0 aliphatic heterocycles. The summed E-state index contributed by atoms with van der Waals surface area (Å²) in [6.45, 7) is 3.82. The fraction of sp³-hybridized carbons (Fsp3) is 0.591. The maximum atomic E-state index is 13.2. The number of hydrogen-bond donors (Lipinski definition) is 9. The Labute approximate surface area is 219 Å². The molecule has 0 aliphatic rings. The van der Waals surface area contributed by atoms with Gasteiger partial charge in [0.25, 0.3) is 0 Å². The molecule has 5 unspecified atom stereocenters. The highest BCUT2D eigenvalue weighted by atomic mass is 16.4. The van der Waals surface area contributed by atoms with Gasteiger partial charge in [-0.2, -0.15) is 0 Å². The number of nitrogens with zero attached hydrogens (tertiary/aromatic N) is 2. The first kappa shape index (κ1) is 31.8. The van der Waals surface area contributed by atoms with Gasteiger partial charge in [-0.05, 0) is 18.8 Å². The number of amides is 3. The zero-order valence-corrected chi connectivity index (χ0v) is 21.3. The molecule has 0 aliphatic carbocycles. The first-order valence-corrected chi connectivity index (χ1v) is 12.0. The number of aliphatic carboxylic acids is 2. The summed E-state index contributed by atoms with van der Waals surface area (Å²) in [6.07, 6.45) is 2.97. The molecule has 16 heteroatoms. The van der Waals surface area contributed by atoms with E-state index in [1.54, 1.807) is 6.92 Å². The molecule has 1 heterocycles. The van der Waals surface area contributed by atoms with Gasteiger partial charge in [-0.3, -0.25) is 24.2 Å². The number of carboxylic acids is 2. The second kappa shape index (κ2) is 15.8. The van der Waals surface area contributed by atoms with Gasteiger partial charge >= 0.3 is 11.9 Å². The van der Waals surface area contributed by atoms with Gasteiger partial charge in [0.2, 0.25) is 17.7 Å². The molecule has 5 atom stereocenters. The number of aliphatic imine (C=N–C) groups is 1. The maximum absolute atomic E-state index is 13.2. The lowest BCUT2D eigenvalue weighted by Crippen LogP contribution is -2.59. The van der Waals surface area contributed by atoms with Crippen molar-refractivity contribution in [1.29, 1.82) is 0 Å². The lowest BCUT2D eigenvalue weighted by molar-refractivity contribution is -0.147. The SMILES string of the molecule is CCC(C)C(NC(=O)C(N)CCCN=C(N)N)C(=O)NC(Cc1cnc[nH]1)C(=O)NC(CC(=O)O)C(=O)O. The van der Waals surface area contributed by atoms with E-state index in [1.165, 1.54) is 12.5 Å². The molecular formula is C22H37N9O7. The number of aromatic amines is 1. The van der Waals surface area contributed by atoms with Crippen LogP contribution in [0.3, 0.4) is 0 Å². The molecular weight excluding hydrogens is 502 g/mol. The second-order valence-electron chi connectivity index (χ2n) is 8.77. The smallest absolute Gasteiger partial charge is 0.326 e. The van der Waals surface area contributed by atoms with Crippen LogP contribution in [-0.4, -0.2) is 86.5 Å². The van der Waals surface area contributed by atoms with Gasteiger partial charge in [0.1, 0.15) is 18.1 Å². The van der Waals surface area contributed by atoms with E-state index in [0.717, 1.165) is 0 Å². The molecule has 0 fully saturated rings. The quantitative estimate of drug-likeness (QED) is 0.0561. The van der Waals surface area contributed by atoms with E-state index in [2.05, 4.69) is 30.9 Å². The Morgan fingerprint density at radius 3 is 2.24 bits per heavy atom. The number of hydrogen-bond acceptors (Lipinski definition) is 8. The summed E-state index contributed by atoms with van der Waals surface area (Å²) in [6, 6.07) is -5.04. The van der Waals surface area contributed by atoms with Crippen molar-refractivity contribution in [3.05, 3.63) is 18.2 Å². The molecule has 3 amide bonds. The van der Waals surface area contributed by atoms with Crippen molar-refractivity contribution >= 4 is 35.6 Å². The van der Waals surface area contributed by atoms with Crippen LogP contribution in [0.2, 0.25) is 0 Å². The van der Waals surface area contributed by atoms with E-state index in [-0.39, 0.29) is 31.3 Å². The van der Waals surface area contributed by atoms with Gasteiger partial charge in [0.15, 0.2) is 5.96 Å². The number of rotatable bonds is 17. The predicted octanol–water partition coefficient (Wildman–Crippen LogP) is -2.61. The highest BCUT2D eigenvalue weighted by molar-refractivity contribution is 5.94. The molecule has 0 saturated carbocycles. The fourth-order valence-electron chi connectivity index (χ4n) is 3.35. The molecule has 1 rings (SSSR count). The molecule has 16 nitrogen and oxygen atoms in total. The molecule has 0 radical (unpaired) electrons. The van der Waals surface area contributed by atoms with Crippen LogP contribution < -0.4 is 33.2 Å². The lowest BCUT2D eigenvalue weighted by atomic mass is 9.97. The van der Waals surface area contributed by atoms with Crippen LogP contribution in [0.5, 0.6) is 0 Å². The van der Waals surface area contributed by atoms with Crippen LogP contribution in [-0.2, 0) is 30.4 Å². The first-order chi connectivity index (χ1) is 17.8. The lowest BCUT2D eigenvalue weighted by Gasteiger charge is -2.27. The van der Waals surface area contributed by atoms with E-state index < -0.39 is 60.2 Å². The van der Waals surface area contributed by atoms with Crippen molar-refractivity contribution in [3.8, 4) is 0 Å².